The number of carbonyl (C=O) groups excluding carboxylic acids is 1. The zero-order chi connectivity index (χ0) is 21.2. The molecule has 1 atom stereocenters. The molecule has 0 bridgehead atoms. The molecule has 1 fully saturated rings. The highest BCUT2D eigenvalue weighted by Crippen LogP contribution is 2.30. The number of nitrogens with zero attached hydrogens (tertiary/aromatic N) is 4. The molecule has 0 aliphatic carbocycles. The van der Waals surface area contributed by atoms with Crippen molar-refractivity contribution in [3.05, 3.63) is 22.5 Å². The molecule has 2 aromatic heterocycles. The second-order valence-electron chi connectivity index (χ2n) is 9.24. The van der Waals surface area contributed by atoms with Crippen molar-refractivity contribution in [2.45, 2.75) is 47.0 Å². The number of halogens is 1. The van der Waals surface area contributed by atoms with E-state index in [9.17, 15) is 4.79 Å². The lowest BCUT2D eigenvalue weighted by molar-refractivity contribution is 0.0674. The normalized spacial score (nSPS) is 17.7. The third kappa shape index (κ3) is 5.39. The fourth-order valence-electron chi connectivity index (χ4n) is 3.69. The summed E-state index contributed by atoms with van der Waals surface area (Å²) in [6, 6.07) is 1.77. The molecule has 160 valence electrons. The number of hydrogen-bond acceptors (Lipinski definition) is 5. The summed E-state index contributed by atoms with van der Waals surface area (Å²) in [6.07, 6.45) is 3.25. The zero-order valence-electron chi connectivity index (χ0n) is 18.1. The van der Waals surface area contributed by atoms with E-state index in [1.807, 2.05) is 11.8 Å². The van der Waals surface area contributed by atoms with Crippen LogP contribution in [0.2, 0.25) is 5.15 Å². The number of carbonyl (C=O) groups is 1. The van der Waals surface area contributed by atoms with E-state index in [1.54, 1.807) is 13.1 Å². The molecule has 29 heavy (non-hydrogen) atoms. The van der Waals surface area contributed by atoms with Gasteiger partial charge in [0.2, 0.25) is 0 Å². The molecule has 7 nitrogen and oxygen atoms in total. The van der Waals surface area contributed by atoms with Crippen molar-refractivity contribution < 1.29 is 9.32 Å². The van der Waals surface area contributed by atoms with Gasteiger partial charge in [0.1, 0.15) is 27.9 Å². The number of piperidine rings is 1. The van der Waals surface area contributed by atoms with E-state index in [0.29, 0.717) is 39.2 Å². The van der Waals surface area contributed by atoms with Crippen molar-refractivity contribution in [3.8, 4) is 11.4 Å². The Hall–Kier alpha value is -1.86. The number of aromatic nitrogens is 3. The first-order valence-electron chi connectivity index (χ1n) is 10.3. The maximum Gasteiger partial charge on any atom is 0.259 e. The van der Waals surface area contributed by atoms with Crippen LogP contribution in [0.4, 0.5) is 0 Å². The Labute approximate surface area is 177 Å². The van der Waals surface area contributed by atoms with Crippen LogP contribution < -0.4 is 5.32 Å². The van der Waals surface area contributed by atoms with E-state index >= 15 is 0 Å². The van der Waals surface area contributed by atoms with Crippen molar-refractivity contribution in [1.82, 2.24) is 25.2 Å². The minimum Gasteiger partial charge on any atom is -0.361 e. The zero-order valence-corrected chi connectivity index (χ0v) is 18.8. The molecule has 0 saturated carbocycles. The van der Waals surface area contributed by atoms with Crippen molar-refractivity contribution >= 4 is 17.5 Å². The number of rotatable bonds is 6. The maximum absolute atomic E-state index is 13.4. The lowest BCUT2D eigenvalue weighted by Gasteiger charge is -2.33. The largest absolute Gasteiger partial charge is 0.361 e. The van der Waals surface area contributed by atoms with Crippen LogP contribution in [0.3, 0.4) is 0 Å². The molecule has 0 radical (unpaired) electrons. The Kier molecular flexibility index (Phi) is 6.69. The molecular formula is C21H32ClN5O2. The van der Waals surface area contributed by atoms with Gasteiger partial charge in [-0.1, -0.05) is 37.5 Å². The monoisotopic (exact) mass is 421 g/mol. The van der Waals surface area contributed by atoms with Gasteiger partial charge in [-0.25, -0.2) is 0 Å². The second kappa shape index (κ2) is 8.88. The first-order chi connectivity index (χ1) is 13.7. The molecule has 1 amide bonds. The number of amides is 1. The molecule has 0 aromatic carbocycles. The standard InChI is InChI=1S/C21H32ClN5O2/c1-14-11-16(25-29-14)18-17(19(22)26(5)24-18)20(28)27-10-6-7-15(13-27)12-23-9-8-21(2,3)4/h11,15,23H,6-10,12-13H2,1-5H3. The average molecular weight is 422 g/mol. The van der Waals surface area contributed by atoms with Gasteiger partial charge in [-0.2, -0.15) is 5.10 Å². The van der Waals surface area contributed by atoms with Crippen LogP contribution in [0.15, 0.2) is 10.6 Å². The van der Waals surface area contributed by atoms with E-state index in [2.05, 4.69) is 36.3 Å². The van der Waals surface area contributed by atoms with Gasteiger partial charge in [-0.05, 0) is 50.6 Å². The molecule has 3 rings (SSSR count). The molecule has 3 heterocycles. The summed E-state index contributed by atoms with van der Waals surface area (Å²) in [5.41, 5.74) is 1.74. The van der Waals surface area contributed by atoms with Crippen LogP contribution in [0.25, 0.3) is 11.4 Å². The highest BCUT2D eigenvalue weighted by Gasteiger charge is 2.31. The first kappa shape index (κ1) is 21.8. The molecule has 1 saturated heterocycles. The smallest absolute Gasteiger partial charge is 0.259 e. The van der Waals surface area contributed by atoms with E-state index in [1.165, 1.54) is 4.68 Å². The number of hydrogen-bond donors (Lipinski definition) is 1. The quantitative estimate of drug-likeness (QED) is 0.715. The van der Waals surface area contributed by atoms with E-state index in [-0.39, 0.29) is 5.91 Å². The van der Waals surface area contributed by atoms with Crippen molar-refractivity contribution in [1.29, 1.82) is 0 Å². The van der Waals surface area contributed by atoms with Crippen molar-refractivity contribution in [3.63, 3.8) is 0 Å². The summed E-state index contributed by atoms with van der Waals surface area (Å²) in [4.78, 5) is 15.3. The van der Waals surface area contributed by atoms with Gasteiger partial charge in [-0.3, -0.25) is 9.48 Å². The van der Waals surface area contributed by atoms with E-state index < -0.39 is 0 Å². The highest BCUT2D eigenvalue weighted by molar-refractivity contribution is 6.33. The van der Waals surface area contributed by atoms with Gasteiger partial charge in [0, 0.05) is 26.2 Å². The summed E-state index contributed by atoms with van der Waals surface area (Å²) < 4.78 is 6.69. The minimum atomic E-state index is -0.0851. The van der Waals surface area contributed by atoms with Crippen LogP contribution in [0.1, 0.15) is 56.2 Å². The van der Waals surface area contributed by atoms with E-state index in [4.69, 9.17) is 16.1 Å². The van der Waals surface area contributed by atoms with Crippen LogP contribution in [-0.2, 0) is 7.05 Å². The third-order valence-corrected chi connectivity index (χ3v) is 5.79. The number of likely N-dealkylation sites (tertiary alicyclic amines) is 1. The minimum absolute atomic E-state index is 0.0851. The molecule has 1 aliphatic rings. The summed E-state index contributed by atoms with van der Waals surface area (Å²) in [5.74, 6) is 1.03. The molecule has 0 spiro atoms. The number of nitrogens with one attached hydrogen (secondary N) is 1. The highest BCUT2D eigenvalue weighted by atomic mass is 35.5. The fraction of sp³-hybridized carbons (Fsp3) is 0.667. The average Bonchev–Trinajstić information content (AvgIpc) is 3.21. The Morgan fingerprint density at radius 2 is 2.17 bits per heavy atom. The summed E-state index contributed by atoms with van der Waals surface area (Å²) in [6.45, 7) is 12.0. The molecule has 8 heteroatoms. The van der Waals surface area contributed by atoms with Gasteiger partial charge in [-0.15, -0.1) is 0 Å². The summed E-state index contributed by atoms with van der Waals surface area (Å²) in [7, 11) is 1.73. The van der Waals surface area contributed by atoms with Crippen LogP contribution >= 0.6 is 11.6 Å². The third-order valence-electron chi connectivity index (χ3n) is 5.35. The van der Waals surface area contributed by atoms with Crippen molar-refractivity contribution in [2.24, 2.45) is 18.4 Å². The van der Waals surface area contributed by atoms with E-state index in [0.717, 1.165) is 45.4 Å². The van der Waals surface area contributed by atoms with Crippen LogP contribution in [0, 0.1) is 18.3 Å². The Morgan fingerprint density at radius 3 is 2.83 bits per heavy atom. The second-order valence-corrected chi connectivity index (χ2v) is 9.59. The lowest BCUT2D eigenvalue weighted by atomic mass is 9.92. The summed E-state index contributed by atoms with van der Waals surface area (Å²) in [5, 5.41) is 12.3. The number of aryl methyl sites for hydroxylation is 2. The van der Waals surface area contributed by atoms with Crippen molar-refractivity contribution in [2.75, 3.05) is 26.2 Å². The molecule has 1 aliphatic heterocycles. The Morgan fingerprint density at radius 1 is 1.41 bits per heavy atom. The Bertz CT molecular complexity index is 852. The van der Waals surface area contributed by atoms with Gasteiger partial charge < -0.3 is 14.7 Å². The van der Waals surface area contributed by atoms with Crippen LogP contribution in [-0.4, -0.2) is 51.9 Å². The maximum atomic E-state index is 13.4. The van der Waals surface area contributed by atoms with Gasteiger partial charge in [0.25, 0.3) is 5.91 Å². The topological polar surface area (TPSA) is 76.2 Å². The molecule has 1 unspecified atom stereocenters. The molecule has 1 N–H and O–H groups in total. The van der Waals surface area contributed by atoms with Gasteiger partial charge in [0.15, 0.2) is 0 Å². The summed E-state index contributed by atoms with van der Waals surface area (Å²) >= 11 is 6.45. The van der Waals surface area contributed by atoms with Gasteiger partial charge >= 0.3 is 0 Å². The Balaban J connectivity index is 1.69. The fourth-order valence-corrected chi connectivity index (χ4v) is 3.90. The molecular weight excluding hydrogens is 390 g/mol. The SMILES string of the molecule is Cc1cc(-c2nn(C)c(Cl)c2C(=O)N2CCCC(CNCCC(C)(C)C)C2)no1. The molecule has 2 aromatic rings. The predicted molar refractivity (Wildman–Crippen MR) is 114 cm³/mol. The van der Waals surface area contributed by atoms with Crippen LogP contribution in [0.5, 0.6) is 0 Å². The predicted octanol–water partition coefficient (Wildman–Crippen LogP) is 3.91. The lowest BCUT2D eigenvalue weighted by Crippen LogP contribution is -2.43. The first-order valence-corrected chi connectivity index (χ1v) is 10.7. The van der Waals surface area contributed by atoms with Gasteiger partial charge in [0.05, 0.1) is 0 Å².